The van der Waals surface area contributed by atoms with Gasteiger partial charge in [0.2, 0.25) is 0 Å². The van der Waals surface area contributed by atoms with Crippen molar-refractivity contribution in [3.05, 3.63) is 35.4 Å². The molecule has 19 heavy (non-hydrogen) atoms. The normalized spacial score (nSPS) is 19.8. The lowest BCUT2D eigenvalue weighted by atomic mass is 9.85. The third-order valence-corrected chi connectivity index (χ3v) is 4.73. The summed E-state index contributed by atoms with van der Waals surface area (Å²) in [6, 6.07) is 9.07. The fourth-order valence-corrected chi connectivity index (χ4v) is 3.33. The highest BCUT2D eigenvalue weighted by atomic mass is 15.2. The highest BCUT2D eigenvalue weighted by Crippen LogP contribution is 2.30. The third kappa shape index (κ3) is 3.37. The number of aryl methyl sites for hydroxylation is 1. The van der Waals surface area contributed by atoms with Crippen LogP contribution in [0.2, 0.25) is 0 Å². The first-order chi connectivity index (χ1) is 9.13. The Labute approximate surface area is 118 Å². The molecule has 1 aromatic rings. The number of likely N-dealkylation sites (tertiary alicyclic amines) is 1. The van der Waals surface area contributed by atoms with E-state index in [1.165, 1.54) is 37.1 Å². The van der Waals surface area contributed by atoms with Crippen LogP contribution >= 0.6 is 0 Å². The first kappa shape index (κ1) is 14.5. The van der Waals surface area contributed by atoms with E-state index in [4.69, 9.17) is 5.73 Å². The number of hydrogen-bond donors (Lipinski definition) is 1. The average molecular weight is 260 g/mol. The summed E-state index contributed by atoms with van der Waals surface area (Å²) in [5, 5.41) is 0. The van der Waals surface area contributed by atoms with Gasteiger partial charge in [0, 0.05) is 12.6 Å². The molecule has 1 aliphatic rings. The van der Waals surface area contributed by atoms with Crippen LogP contribution in [-0.2, 0) is 0 Å². The van der Waals surface area contributed by atoms with Gasteiger partial charge >= 0.3 is 0 Å². The summed E-state index contributed by atoms with van der Waals surface area (Å²) in [6.45, 7) is 10.00. The Morgan fingerprint density at radius 3 is 2.37 bits per heavy atom. The second kappa shape index (κ2) is 6.53. The molecule has 1 unspecified atom stereocenters. The molecule has 2 N–H and O–H groups in total. The average Bonchev–Trinajstić information content (AvgIpc) is 2.42. The Bertz CT molecular complexity index is 392. The van der Waals surface area contributed by atoms with Crippen molar-refractivity contribution in [1.82, 2.24) is 4.90 Å². The lowest BCUT2D eigenvalue weighted by molar-refractivity contribution is 0.117. The van der Waals surface area contributed by atoms with Gasteiger partial charge in [0.05, 0.1) is 0 Å². The van der Waals surface area contributed by atoms with Gasteiger partial charge in [-0.15, -0.1) is 0 Å². The number of hydrogen-bond acceptors (Lipinski definition) is 2. The van der Waals surface area contributed by atoms with Gasteiger partial charge in [0.15, 0.2) is 0 Å². The summed E-state index contributed by atoms with van der Waals surface area (Å²) in [4.78, 5) is 2.58. The van der Waals surface area contributed by atoms with Crippen LogP contribution in [0, 0.1) is 18.8 Å². The molecule has 1 aromatic carbocycles. The van der Waals surface area contributed by atoms with Crippen molar-refractivity contribution >= 4 is 0 Å². The van der Waals surface area contributed by atoms with Crippen LogP contribution in [0.1, 0.15) is 43.9 Å². The number of benzene rings is 1. The first-order valence-electron chi connectivity index (χ1n) is 7.63. The van der Waals surface area contributed by atoms with Gasteiger partial charge in [-0.1, -0.05) is 38.1 Å². The Morgan fingerprint density at radius 1 is 1.21 bits per heavy atom. The fourth-order valence-electron chi connectivity index (χ4n) is 3.33. The molecule has 2 heteroatoms. The van der Waals surface area contributed by atoms with Crippen LogP contribution < -0.4 is 5.73 Å². The first-order valence-corrected chi connectivity index (χ1v) is 7.63. The Hall–Kier alpha value is -0.860. The van der Waals surface area contributed by atoms with Crippen molar-refractivity contribution in [2.45, 2.75) is 39.7 Å². The Balaban J connectivity index is 2.06. The van der Waals surface area contributed by atoms with Gasteiger partial charge in [-0.2, -0.15) is 0 Å². The molecular formula is C17H28N2. The van der Waals surface area contributed by atoms with Crippen molar-refractivity contribution in [2.75, 3.05) is 19.6 Å². The lowest BCUT2D eigenvalue weighted by Crippen LogP contribution is -2.40. The van der Waals surface area contributed by atoms with E-state index >= 15 is 0 Å². The molecule has 1 heterocycles. The van der Waals surface area contributed by atoms with Crippen LogP contribution in [0.25, 0.3) is 0 Å². The predicted octanol–water partition coefficient (Wildman–Crippen LogP) is 3.36. The van der Waals surface area contributed by atoms with E-state index in [-0.39, 0.29) is 0 Å². The van der Waals surface area contributed by atoms with E-state index in [2.05, 4.69) is 49.9 Å². The zero-order valence-electron chi connectivity index (χ0n) is 12.6. The molecule has 1 atom stereocenters. The minimum Gasteiger partial charge on any atom is -0.329 e. The topological polar surface area (TPSA) is 29.3 Å². The molecule has 0 bridgehead atoms. The largest absolute Gasteiger partial charge is 0.329 e. The van der Waals surface area contributed by atoms with Gasteiger partial charge in [-0.3, -0.25) is 4.90 Å². The zero-order valence-corrected chi connectivity index (χ0v) is 12.6. The van der Waals surface area contributed by atoms with E-state index in [1.807, 2.05) is 0 Å². The van der Waals surface area contributed by atoms with Crippen molar-refractivity contribution in [1.29, 1.82) is 0 Å². The summed E-state index contributed by atoms with van der Waals surface area (Å²) < 4.78 is 0. The van der Waals surface area contributed by atoms with Crippen LogP contribution in [0.15, 0.2) is 24.3 Å². The summed E-state index contributed by atoms with van der Waals surface area (Å²) in [5.74, 6) is 1.71. The molecule has 106 valence electrons. The molecule has 0 saturated carbocycles. The molecule has 0 amide bonds. The Morgan fingerprint density at radius 2 is 1.84 bits per heavy atom. The minimum atomic E-state index is 0.398. The summed E-state index contributed by atoms with van der Waals surface area (Å²) in [5.41, 5.74) is 8.83. The SMILES string of the molecule is Cc1ccccc1C(CN)N1CCC(C(C)C)CC1. The Kier molecular flexibility index (Phi) is 5.00. The van der Waals surface area contributed by atoms with Crippen LogP contribution in [0.3, 0.4) is 0 Å². The highest BCUT2D eigenvalue weighted by Gasteiger charge is 2.27. The van der Waals surface area contributed by atoms with E-state index < -0.39 is 0 Å². The maximum atomic E-state index is 6.06. The molecule has 2 rings (SSSR count). The van der Waals surface area contributed by atoms with Gasteiger partial charge in [0.25, 0.3) is 0 Å². The lowest BCUT2D eigenvalue weighted by Gasteiger charge is -2.39. The molecule has 1 fully saturated rings. The molecule has 0 radical (unpaired) electrons. The number of piperidine rings is 1. The second-order valence-corrected chi connectivity index (χ2v) is 6.23. The van der Waals surface area contributed by atoms with E-state index in [0.717, 1.165) is 18.4 Å². The number of rotatable bonds is 4. The van der Waals surface area contributed by atoms with Gasteiger partial charge in [0.1, 0.15) is 0 Å². The second-order valence-electron chi connectivity index (χ2n) is 6.23. The van der Waals surface area contributed by atoms with Crippen molar-refractivity contribution in [2.24, 2.45) is 17.6 Å². The van der Waals surface area contributed by atoms with Crippen molar-refractivity contribution in [3.8, 4) is 0 Å². The number of nitrogens with zero attached hydrogens (tertiary/aromatic N) is 1. The fraction of sp³-hybridized carbons (Fsp3) is 0.647. The van der Waals surface area contributed by atoms with E-state index in [1.54, 1.807) is 0 Å². The molecule has 2 nitrogen and oxygen atoms in total. The van der Waals surface area contributed by atoms with Gasteiger partial charge in [-0.25, -0.2) is 0 Å². The molecule has 1 saturated heterocycles. The molecule has 0 aliphatic carbocycles. The van der Waals surface area contributed by atoms with E-state index in [9.17, 15) is 0 Å². The monoisotopic (exact) mass is 260 g/mol. The highest BCUT2D eigenvalue weighted by molar-refractivity contribution is 5.29. The molecule has 0 aromatic heterocycles. The smallest absolute Gasteiger partial charge is 0.0473 e. The van der Waals surface area contributed by atoms with Gasteiger partial charge < -0.3 is 5.73 Å². The summed E-state index contributed by atoms with van der Waals surface area (Å²) in [7, 11) is 0. The third-order valence-electron chi connectivity index (χ3n) is 4.73. The van der Waals surface area contributed by atoms with Crippen molar-refractivity contribution in [3.63, 3.8) is 0 Å². The summed E-state index contributed by atoms with van der Waals surface area (Å²) >= 11 is 0. The zero-order chi connectivity index (χ0) is 13.8. The predicted molar refractivity (Wildman–Crippen MR) is 82.1 cm³/mol. The standard InChI is InChI=1S/C17H28N2/c1-13(2)15-8-10-19(11-9-15)17(12-18)16-7-5-4-6-14(16)3/h4-7,13,15,17H,8-12,18H2,1-3H3. The van der Waals surface area contributed by atoms with Crippen LogP contribution in [-0.4, -0.2) is 24.5 Å². The van der Waals surface area contributed by atoms with E-state index in [0.29, 0.717) is 6.04 Å². The van der Waals surface area contributed by atoms with Crippen LogP contribution in [0.5, 0.6) is 0 Å². The molecule has 1 aliphatic heterocycles. The maximum absolute atomic E-state index is 6.06. The van der Waals surface area contributed by atoms with Crippen LogP contribution in [0.4, 0.5) is 0 Å². The summed E-state index contributed by atoms with van der Waals surface area (Å²) in [6.07, 6.45) is 2.64. The number of nitrogens with two attached hydrogens (primary N) is 1. The maximum Gasteiger partial charge on any atom is 0.0473 e. The molecule has 0 spiro atoms. The minimum absolute atomic E-state index is 0.398. The van der Waals surface area contributed by atoms with Gasteiger partial charge in [-0.05, 0) is 55.8 Å². The van der Waals surface area contributed by atoms with Crippen molar-refractivity contribution < 1.29 is 0 Å². The molecular weight excluding hydrogens is 232 g/mol. The quantitative estimate of drug-likeness (QED) is 0.899.